The second kappa shape index (κ2) is 11.4. The van der Waals surface area contributed by atoms with Crippen LogP contribution < -0.4 is 20.3 Å². The van der Waals surface area contributed by atoms with Crippen molar-refractivity contribution in [3.8, 4) is 23.4 Å². The van der Waals surface area contributed by atoms with Gasteiger partial charge in [-0.15, -0.1) is 0 Å². The van der Waals surface area contributed by atoms with Crippen LogP contribution in [0.15, 0.2) is 77.2 Å². The van der Waals surface area contributed by atoms with Crippen LogP contribution in [0.4, 0.5) is 5.69 Å². The third-order valence-corrected chi connectivity index (χ3v) is 5.81. The predicted molar refractivity (Wildman–Crippen MR) is 147 cm³/mol. The highest BCUT2D eigenvalue weighted by atomic mass is 16.5. The summed E-state index contributed by atoms with van der Waals surface area (Å²) in [5.74, 6) is 0.712. The van der Waals surface area contributed by atoms with Crippen LogP contribution in [-0.4, -0.2) is 21.9 Å². The topological polar surface area (TPSA) is 106 Å². The Bertz CT molecular complexity index is 1610. The summed E-state index contributed by atoms with van der Waals surface area (Å²) < 4.78 is 13.0. The number of aryl methyl sites for hydroxylation is 1. The second-order valence-corrected chi connectivity index (χ2v) is 8.94. The van der Waals surface area contributed by atoms with Crippen molar-refractivity contribution >= 4 is 23.3 Å². The van der Waals surface area contributed by atoms with Crippen LogP contribution >= 0.6 is 0 Å². The molecule has 0 unspecified atom stereocenters. The number of benzene rings is 2. The Morgan fingerprint density at radius 2 is 1.92 bits per heavy atom. The summed E-state index contributed by atoms with van der Waals surface area (Å²) in [6.45, 7) is 8.43. The van der Waals surface area contributed by atoms with Gasteiger partial charge >= 0.3 is 0 Å². The highest BCUT2D eigenvalue weighted by molar-refractivity contribution is 6.09. The van der Waals surface area contributed by atoms with Gasteiger partial charge in [-0.2, -0.15) is 10.2 Å². The van der Waals surface area contributed by atoms with Crippen LogP contribution in [0.3, 0.4) is 0 Å². The van der Waals surface area contributed by atoms with E-state index in [0.717, 1.165) is 11.1 Å². The zero-order valence-electron chi connectivity index (χ0n) is 21.7. The highest BCUT2D eigenvalue weighted by Gasteiger charge is 2.19. The Morgan fingerprint density at radius 1 is 1.16 bits per heavy atom. The lowest BCUT2D eigenvalue weighted by molar-refractivity contribution is -0.112. The summed E-state index contributed by atoms with van der Waals surface area (Å²) in [5, 5.41) is 12.5. The summed E-state index contributed by atoms with van der Waals surface area (Å²) >= 11 is 0. The van der Waals surface area contributed by atoms with Gasteiger partial charge in [0.15, 0.2) is 0 Å². The Labute approximate surface area is 220 Å². The number of anilines is 1. The third kappa shape index (κ3) is 5.73. The maximum atomic E-state index is 13.5. The van der Waals surface area contributed by atoms with E-state index in [4.69, 9.17) is 9.47 Å². The Hall–Kier alpha value is -4.90. The summed E-state index contributed by atoms with van der Waals surface area (Å²) in [4.78, 5) is 31.0. The van der Waals surface area contributed by atoms with Crippen LogP contribution in [0, 0.1) is 18.3 Å². The average Bonchev–Trinajstić information content (AvgIpc) is 2.90. The minimum absolute atomic E-state index is 0.00955. The molecule has 0 saturated heterocycles. The van der Waals surface area contributed by atoms with Crippen molar-refractivity contribution in [3.05, 3.63) is 99.5 Å². The number of nitriles is 1. The lowest BCUT2D eigenvalue weighted by Crippen LogP contribution is -2.20. The van der Waals surface area contributed by atoms with Gasteiger partial charge in [-0.1, -0.05) is 32.0 Å². The van der Waals surface area contributed by atoms with E-state index in [1.54, 1.807) is 48.7 Å². The molecule has 0 aliphatic heterocycles. The van der Waals surface area contributed by atoms with Crippen molar-refractivity contribution in [2.45, 2.75) is 33.6 Å². The molecule has 4 aromatic rings. The van der Waals surface area contributed by atoms with Gasteiger partial charge in [0, 0.05) is 11.9 Å². The minimum atomic E-state index is -0.668. The number of amides is 1. The number of ether oxygens (including phenoxy) is 2. The van der Waals surface area contributed by atoms with Crippen molar-refractivity contribution in [1.82, 2.24) is 9.38 Å². The average molecular weight is 509 g/mol. The fraction of sp³-hybridized carbons (Fsp3) is 0.200. The number of nitrogens with zero attached hydrogens (tertiary/aromatic N) is 3. The molecule has 0 atom stereocenters. The second-order valence-electron chi connectivity index (χ2n) is 8.94. The molecule has 2 heterocycles. The Morgan fingerprint density at radius 3 is 2.61 bits per heavy atom. The van der Waals surface area contributed by atoms with Gasteiger partial charge in [0.05, 0.1) is 6.61 Å². The molecule has 0 bridgehead atoms. The molecule has 4 rings (SSSR count). The number of pyridine rings is 1. The molecule has 38 heavy (non-hydrogen) atoms. The number of aromatic nitrogens is 2. The molecule has 8 nitrogen and oxygen atoms in total. The molecule has 1 amide bonds. The zero-order valence-corrected chi connectivity index (χ0v) is 21.7. The Kier molecular flexibility index (Phi) is 7.88. The minimum Gasteiger partial charge on any atom is -0.494 e. The van der Waals surface area contributed by atoms with Crippen molar-refractivity contribution in [3.63, 3.8) is 0 Å². The SMILES string of the molecule is CCOc1ccc(NC(=O)C(C#N)=Cc2c(Oc3cc(C)ccc3C(C)C)nc3ccccn3c2=O)cc1. The van der Waals surface area contributed by atoms with Gasteiger partial charge < -0.3 is 14.8 Å². The molecule has 0 fully saturated rings. The van der Waals surface area contributed by atoms with Gasteiger partial charge in [0.1, 0.15) is 34.4 Å². The lowest BCUT2D eigenvalue weighted by atomic mass is 10.0. The van der Waals surface area contributed by atoms with Crippen LogP contribution in [0.25, 0.3) is 11.7 Å². The summed E-state index contributed by atoms with van der Waals surface area (Å²) in [7, 11) is 0. The molecule has 2 aromatic carbocycles. The number of carbonyl (C=O) groups is 1. The first-order valence-electron chi connectivity index (χ1n) is 12.3. The van der Waals surface area contributed by atoms with E-state index in [2.05, 4.69) is 10.3 Å². The zero-order chi connectivity index (χ0) is 27.2. The number of carbonyl (C=O) groups excluding carboxylic acids is 1. The van der Waals surface area contributed by atoms with Crippen molar-refractivity contribution in [1.29, 1.82) is 5.26 Å². The van der Waals surface area contributed by atoms with Crippen molar-refractivity contribution in [2.75, 3.05) is 11.9 Å². The maximum Gasteiger partial charge on any atom is 0.269 e. The summed E-state index contributed by atoms with van der Waals surface area (Å²) in [5.41, 5.74) is 2.02. The van der Waals surface area contributed by atoms with E-state index in [0.29, 0.717) is 29.4 Å². The van der Waals surface area contributed by atoms with E-state index in [1.807, 2.05) is 52.0 Å². The van der Waals surface area contributed by atoms with Crippen molar-refractivity contribution in [2.24, 2.45) is 0 Å². The van der Waals surface area contributed by atoms with Crippen LogP contribution in [0.1, 0.15) is 43.4 Å². The largest absolute Gasteiger partial charge is 0.494 e. The number of fused-ring (bicyclic) bond motifs is 1. The standard InChI is InChI=1S/C30H28N4O4/c1-5-37-23-12-10-22(11-13-23)32-28(35)21(18-31)17-25-29(33-27-8-6-7-15-34(27)30(25)36)38-26-16-20(4)9-14-24(26)19(2)3/h6-17,19H,5H2,1-4H3,(H,32,35). The number of nitrogens with one attached hydrogen (secondary N) is 1. The van der Waals surface area contributed by atoms with Crippen LogP contribution in [0.5, 0.6) is 17.4 Å². The number of rotatable bonds is 8. The first-order valence-corrected chi connectivity index (χ1v) is 12.3. The van der Waals surface area contributed by atoms with E-state index in [-0.39, 0.29) is 22.9 Å². The third-order valence-electron chi connectivity index (χ3n) is 5.81. The van der Waals surface area contributed by atoms with E-state index in [1.165, 1.54) is 10.5 Å². The fourth-order valence-corrected chi connectivity index (χ4v) is 3.89. The normalized spacial score (nSPS) is 11.3. The smallest absolute Gasteiger partial charge is 0.269 e. The summed E-state index contributed by atoms with van der Waals surface area (Å²) in [6.07, 6.45) is 2.79. The van der Waals surface area contributed by atoms with Gasteiger partial charge in [-0.05, 0) is 79.4 Å². The molecule has 192 valence electrons. The monoisotopic (exact) mass is 508 g/mol. The van der Waals surface area contributed by atoms with Gasteiger partial charge in [-0.3, -0.25) is 14.0 Å². The van der Waals surface area contributed by atoms with Gasteiger partial charge in [0.2, 0.25) is 5.88 Å². The molecule has 2 aromatic heterocycles. The molecule has 0 aliphatic rings. The molecular formula is C30H28N4O4. The van der Waals surface area contributed by atoms with E-state index >= 15 is 0 Å². The molecule has 8 heteroatoms. The van der Waals surface area contributed by atoms with Crippen LogP contribution in [-0.2, 0) is 4.79 Å². The lowest BCUT2D eigenvalue weighted by Gasteiger charge is -2.16. The predicted octanol–water partition coefficient (Wildman–Crippen LogP) is 5.86. The highest BCUT2D eigenvalue weighted by Crippen LogP contribution is 2.32. The fourth-order valence-electron chi connectivity index (χ4n) is 3.89. The van der Waals surface area contributed by atoms with Gasteiger partial charge in [-0.25, -0.2) is 0 Å². The quantitative estimate of drug-likeness (QED) is 0.236. The number of hydrogen-bond acceptors (Lipinski definition) is 6. The van der Waals surface area contributed by atoms with Gasteiger partial charge in [0.25, 0.3) is 11.5 Å². The molecule has 0 aliphatic carbocycles. The molecule has 0 saturated carbocycles. The maximum absolute atomic E-state index is 13.5. The molecular weight excluding hydrogens is 480 g/mol. The molecule has 0 spiro atoms. The summed E-state index contributed by atoms with van der Waals surface area (Å²) in [6, 6.07) is 19.7. The first-order chi connectivity index (χ1) is 18.3. The first kappa shape index (κ1) is 26.2. The van der Waals surface area contributed by atoms with Crippen molar-refractivity contribution < 1.29 is 14.3 Å². The number of hydrogen-bond donors (Lipinski definition) is 1. The van der Waals surface area contributed by atoms with E-state index in [9.17, 15) is 14.9 Å². The van der Waals surface area contributed by atoms with Crippen LogP contribution in [0.2, 0.25) is 0 Å². The van der Waals surface area contributed by atoms with E-state index < -0.39 is 11.5 Å². The molecule has 0 radical (unpaired) electrons. The Balaban J connectivity index is 1.78. The molecule has 1 N–H and O–H groups in total.